The van der Waals surface area contributed by atoms with Crippen molar-refractivity contribution in [3.8, 4) is 11.5 Å². The van der Waals surface area contributed by atoms with Gasteiger partial charge in [-0.15, -0.1) is 0 Å². The second-order valence-corrected chi connectivity index (χ2v) is 9.88. The first-order valence-corrected chi connectivity index (χ1v) is 12.6. The minimum Gasteiger partial charge on any atom is -0.497 e. The Bertz CT molecular complexity index is 1360. The van der Waals surface area contributed by atoms with Gasteiger partial charge in [-0.2, -0.15) is 0 Å². The van der Waals surface area contributed by atoms with Gasteiger partial charge < -0.3 is 14.8 Å². The number of benzene rings is 3. The molecule has 5 rings (SSSR count). The first-order valence-electron chi connectivity index (χ1n) is 12.6. The molecule has 1 heterocycles. The average Bonchev–Trinajstić information content (AvgIpc) is 3.07. The van der Waals surface area contributed by atoms with E-state index in [0.29, 0.717) is 24.2 Å². The number of methoxy groups -OCH3 is 2. The van der Waals surface area contributed by atoms with Crippen LogP contribution in [0.3, 0.4) is 0 Å². The van der Waals surface area contributed by atoms with Crippen molar-refractivity contribution >= 4 is 23.1 Å². The van der Waals surface area contributed by atoms with E-state index in [-0.39, 0.29) is 23.5 Å². The number of fused-ring (bicyclic) bond motifs is 1. The molecule has 2 aliphatic rings. The molecule has 1 aliphatic carbocycles. The summed E-state index contributed by atoms with van der Waals surface area (Å²) in [6.45, 7) is 3.78. The van der Waals surface area contributed by atoms with Gasteiger partial charge in [0.1, 0.15) is 11.5 Å². The van der Waals surface area contributed by atoms with E-state index in [2.05, 4.69) is 5.32 Å². The van der Waals surface area contributed by atoms with Crippen molar-refractivity contribution in [1.82, 2.24) is 0 Å². The van der Waals surface area contributed by atoms with Gasteiger partial charge in [-0.3, -0.25) is 14.5 Å². The number of nitrogens with zero attached hydrogens (tertiary/aromatic N) is 1. The highest BCUT2D eigenvalue weighted by Gasteiger charge is 2.42. The Kier molecular flexibility index (Phi) is 6.74. The zero-order valence-electron chi connectivity index (χ0n) is 21.7. The molecule has 3 aromatic carbocycles. The van der Waals surface area contributed by atoms with Crippen LogP contribution in [0.25, 0.3) is 0 Å². The number of ketones is 1. The number of hydrogen-bond donors (Lipinski definition) is 1. The third kappa shape index (κ3) is 4.59. The molecule has 0 radical (unpaired) electrons. The Morgan fingerprint density at radius 1 is 0.892 bits per heavy atom. The fourth-order valence-electron chi connectivity index (χ4n) is 5.35. The maximum atomic E-state index is 14.0. The molecule has 1 amide bonds. The number of hydrogen-bond acceptors (Lipinski definition) is 5. The van der Waals surface area contributed by atoms with Crippen LogP contribution in [0.2, 0.25) is 0 Å². The number of nitrogens with one attached hydrogen (secondary N) is 1. The lowest BCUT2D eigenvalue weighted by atomic mass is 9.78. The van der Waals surface area contributed by atoms with Crippen molar-refractivity contribution in [2.75, 3.05) is 24.4 Å². The number of carbonyl (C=O) groups is 2. The van der Waals surface area contributed by atoms with Gasteiger partial charge in [-0.25, -0.2) is 0 Å². The Hall–Kier alpha value is -4.06. The molecule has 0 aromatic heterocycles. The summed E-state index contributed by atoms with van der Waals surface area (Å²) in [5.41, 5.74) is 5.01. The summed E-state index contributed by atoms with van der Waals surface area (Å²) in [6, 6.07) is 22.8. The van der Waals surface area contributed by atoms with Crippen LogP contribution in [0, 0.1) is 5.92 Å². The highest BCUT2D eigenvalue weighted by atomic mass is 16.5. The van der Waals surface area contributed by atoms with Crippen molar-refractivity contribution in [1.29, 1.82) is 0 Å². The molecule has 0 unspecified atom stereocenters. The number of anilines is 2. The molecule has 1 aliphatic heterocycles. The minimum atomic E-state index is -0.569. The molecular weight excluding hydrogens is 464 g/mol. The third-order valence-electron chi connectivity index (χ3n) is 7.22. The molecule has 0 saturated heterocycles. The first kappa shape index (κ1) is 24.6. The van der Waals surface area contributed by atoms with Gasteiger partial charge in [0.15, 0.2) is 5.78 Å². The van der Waals surface area contributed by atoms with Gasteiger partial charge in [0, 0.05) is 23.6 Å². The number of rotatable bonds is 5. The number of Topliss-reactive ketones (excluding diaryl/α,β-unsaturated/α-hetero) is 1. The molecular formula is C31H32N2O4. The van der Waals surface area contributed by atoms with E-state index in [1.165, 1.54) is 0 Å². The Morgan fingerprint density at radius 3 is 2.32 bits per heavy atom. The largest absolute Gasteiger partial charge is 0.497 e. The maximum absolute atomic E-state index is 14.0. The third-order valence-corrected chi connectivity index (χ3v) is 7.22. The number of amides is 1. The lowest BCUT2D eigenvalue weighted by Gasteiger charge is -2.36. The van der Waals surface area contributed by atoms with Crippen LogP contribution in [0.15, 0.2) is 84.1 Å². The molecule has 1 N–H and O–H groups in total. The molecule has 0 saturated carbocycles. The number of allylic oxidation sites excluding steroid dienone is 1. The summed E-state index contributed by atoms with van der Waals surface area (Å²) >= 11 is 0. The van der Waals surface area contributed by atoms with Gasteiger partial charge in [0.25, 0.3) is 0 Å². The van der Waals surface area contributed by atoms with Crippen LogP contribution in [0.1, 0.15) is 49.8 Å². The lowest BCUT2D eigenvalue weighted by molar-refractivity contribution is -0.121. The molecule has 6 nitrogen and oxygen atoms in total. The van der Waals surface area contributed by atoms with E-state index < -0.39 is 6.04 Å². The molecule has 2 atom stereocenters. The predicted octanol–water partition coefficient (Wildman–Crippen LogP) is 6.26. The van der Waals surface area contributed by atoms with Gasteiger partial charge in [0.2, 0.25) is 5.91 Å². The molecule has 6 heteroatoms. The fourth-order valence-corrected chi connectivity index (χ4v) is 5.35. The first-order chi connectivity index (χ1) is 17.9. The molecule has 3 aromatic rings. The normalized spacial score (nSPS) is 19.1. The fraction of sp³-hybridized carbons (Fsp3) is 0.290. The van der Waals surface area contributed by atoms with Gasteiger partial charge in [-0.1, -0.05) is 50.2 Å². The molecule has 37 heavy (non-hydrogen) atoms. The Morgan fingerprint density at radius 2 is 1.62 bits per heavy atom. The van der Waals surface area contributed by atoms with Crippen LogP contribution in [0.5, 0.6) is 11.5 Å². The SMILES string of the molecule is COc1ccc([C@@H]2CC(=O)C3=C(C2)Nc2ccccc2N(C(=O)C(C)C)[C@@H]3c2cccc(OC)c2)cc1. The van der Waals surface area contributed by atoms with Crippen molar-refractivity contribution in [3.05, 3.63) is 95.2 Å². The van der Waals surface area contributed by atoms with Crippen LogP contribution in [-0.2, 0) is 9.59 Å². The van der Waals surface area contributed by atoms with Crippen molar-refractivity contribution in [3.63, 3.8) is 0 Å². The van der Waals surface area contributed by atoms with E-state index in [1.54, 1.807) is 19.1 Å². The topological polar surface area (TPSA) is 67.9 Å². The number of carbonyl (C=O) groups excluding carboxylic acids is 2. The molecule has 190 valence electrons. The predicted molar refractivity (Wildman–Crippen MR) is 145 cm³/mol. The van der Waals surface area contributed by atoms with Gasteiger partial charge >= 0.3 is 0 Å². The van der Waals surface area contributed by atoms with Crippen LogP contribution < -0.4 is 19.7 Å². The number of para-hydroxylation sites is 2. The summed E-state index contributed by atoms with van der Waals surface area (Å²) in [6.07, 6.45) is 1.03. The van der Waals surface area contributed by atoms with Gasteiger partial charge in [0.05, 0.1) is 31.6 Å². The van der Waals surface area contributed by atoms with Crippen molar-refractivity contribution < 1.29 is 19.1 Å². The Balaban J connectivity index is 1.69. The summed E-state index contributed by atoms with van der Waals surface area (Å²) in [5, 5.41) is 3.58. The lowest BCUT2D eigenvalue weighted by Crippen LogP contribution is -2.40. The minimum absolute atomic E-state index is 0.0233. The second kappa shape index (κ2) is 10.1. The van der Waals surface area contributed by atoms with Crippen LogP contribution in [-0.4, -0.2) is 25.9 Å². The van der Waals surface area contributed by atoms with E-state index in [4.69, 9.17) is 9.47 Å². The Labute approximate surface area is 217 Å². The average molecular weight is 497 g/mol. The van der Waals surface area contributed by atoms with E-state index in [1.807, 2.05) is 86.6 Å². The zero-order chi connectivity index (χ0) is 26.1. The molecule has 0 bridgehead atoms. The monoisotopic (exact) mass is 496 g/mol. The smallest absolute Gasteiger partial charge is 0.230 e. The highest BCUT2D eigenvalue weighted by molar-refractivity contribution is 6.06. The van der Waals surface area contributed by atoms with Crippen molar-refractivity contribution in [2.45, 2.75) is 38.6 Å². The summed E-state index contributed by atoms with van der Waals surface area (Å²) in [7, 11) is 3.27. The maximum Gasteiger partial charge on any atom is 0.230 e. The quantitative estimate of drug-likeness (QED) is 0.452. The zero-order valence-corrected chi connectivity index (χ0v) is 21.7. The number of ether oxygens (including phenoxy) is 2. The van der Waals surface area contributed by atoms with Gasteiger partial charge in [-0.05, 0) is 59.9 Å². The second-order valence-electron chi connectivity index (χ2n) is 9.88. The van der Waals surface area contributed by atoms with E-state index >= 15 is 0 Å². The van der Waals surface area contributed by atoms with Crippen molar-refractivity contribution in [2.24, 2.45) is 5.92 Å². The summed E-state index contributed by atoms with van der Waals surface area (Å²) < 4.78 is 10.8. The highest BCUT2D eigenvalue weighted by Crippen LogP contribution is 2.48. The summed E-state index contributed by atoms with van der Waals surface area (Å²) in [5.74, 6) is 1.23. The standard InChI is InChI=1S/C31H32N2O4/c1-19(2)31(35)33-27-11-6-5-10-25(27)32-26-17-22(20-12-14-23(36-3)15-13-20)18-28(34)29(26)30(33)21-8-7-9-24(16-21)37-4/h5-16,19,22,30,32H,17-18H2,1-4H3/t22-,30+/m0/s1. The van der Waals surface area contributed by atoms with Crippen LogP contribution in [0.4, 0.5) is 11.4 Å². The molecule has 0 fully saturated rings. The van der Waals surface area contributed by atoms with E-state index in [9.17, 15) is 9.59 Å². The van der Waals surface area contributed by atoms with Crippen LogP contribution >= 0.6 is 0 Å². The summed E-state index contributed by atoms with van der Waals surface area (Å²) in [4.78, 5) is 29.6. The van der Waals surface area contributed by atoms with E-state index in [0.717, 1.165) is 33.9 Å². The molecule has 0 spiro atoms.